The summed E-state index contributed by atoms with van der Waals surface area (Å²) < 4.78 is 2.10. The number of carbonyl (C=O) groups is 1. The Hall–Kier alpha value is -2.08. The van der Waals surface area contributed by atoms with Gasteiger partial charge in [-0.25, -0.2) is 0 Å². The molecular weight excluding hydrogens is 344 g/mol. The molecule has 3 aromatic rings. The smallest absolute Gasteiger partial charge is 0.230 e. The van der Waals surface area contributed by atoms with Crippen LogP contribution < -0.4 is 5.32 Å². The van der Waals surface area contributed by atoms with Gasteiger partial charge in [-0.1, -0.05) is 36.2 Å². The second kappa shape index (κ2) is 6.91. The minimum atomic E-state index is 0.0863. The zero-order valence-corrected chi connectivity index (χ0v) is 16.3. The minimum Gasteiger partial charge on any atom is -0.353 e. The first-order chi connectivity index (χ1) is 12.5. The first kappa shape index (κ1) is 17.3. The summed E-state index contributed by atoms with van der Waals surface area (Å²) in [7, 11) is 0. The maximum absolute atomic E-state index is 12.3. The Bertz CT molecular complexity index is 989. The van der Waals surface area contributed by atoms with Crippen LogP contribution in [-0.4, -0.2) is 32.3 Å². The summed E-state index contributed by atoms with van der Waals surface area (Å²) in [6, 6.07) is 6.89. The molecule has 5 nitrogen and oxygen atoms in total. The molecule has 1 N–H and O–H groups in total. The molecule has 1 aliphatic rings. The highest BCUT2D eigenvalue weighted by Gasteiger charge is 2.19. The predicted molar refractivity (Wildman–Crippen MR) is 106 cm³/mol. The van der Waals surface area contributed by atoms with Crippen LogP contribution in [0.5, 0.6) is 0 Å². The highest BCUT2D eigenvalue weighted by atomic mass is 32.2. The number of benzene rings is 1. The number of nitrogens with zero attached hydrogens (tertiary/aromatic N) is 3. The molecule has 4 rings (SSSR count). The molecule has 0 spiro atoms. The number of thioether (sulfide) groups is 1. The van der Waals surface area contributed by atoms with Gasteiger partial charge < -0.3 is 5.32 Å². The zero-order valence-electron chi connectivity index (χ0n) is 15.5. The van der Waals surface area contributed by atoms with Crippen molar-refractivity contribution in [2.75, 3.05) is 5.75 Å². The van der Waals surface area contributed by atoms with E-state index in [9.17, 15) is 4.79 Å². The van der Waals surface area contributed by atoms with Crippen molar-refractivity contribution in [3.63, 3.8) is 0 Å². The lowest BCUT2D eigenvalue weighted by Crippen LogP contribution is -2.33. The van der Waals surface area contributed by atoms with Crippen LogP contribution in [0.1, 0.15) is 42.4 Å². The Morgan fingerprint density at radius 3 is 2.69 bits per heavy atom. The number of hydrogen-bond donors (Lipinski definition) is 1. The Morgan fingerprint density at radius 1 is 1.15 bits per heavy atom. The highest BCUT2D eigenvalue weighted by Crippen LogP contribution is 2.28. The average molecular weight is 369 g/mol. The van der Waals surface area contributed by atoms with Gasteiger partial charge in [0.15, 0.2) is 10.8 Å². The quantitative estimate of drug-likeness (QED) is 0.708. The summed E-state index contributed by atoms with van der Waals surface area (Å²) in [5.41, 5.74) is 5.52. The fourth-order valence-electron chi connectivity index (χ4n) is 4.00. The van der Waals surface area contributed by atoms with E-state index in [-0.39, 0.29) is 5.91 Å². The second-order valence-electron chi connectivity index (χ2n) is 7.33. The van der Waals surface area contributed by atoms with E-state index in [0.717, 1.165) is 34.7 Å². The van der Waals surface area contributed by atoms with E-state index in [0.29, 0.717) is 11.8 Å². The Kier molecular flexibility index (Phi) is 4.61. The van der Waals surface area contributed by atoms with Gasteiger partial charge >= 0.3 is 0 Å². The van der Waals surface area contributed by atoms with Crippen molar-refractivity contribution < 1.29 is 4.79 Å². The minimum absolute atomic E-state index is 0.0863. The van der Waals surface area contributed by atoms with Gasteiger partial charge in [0.1, 0.15) is 0 Å². The number of rotatable bonds is 4. The van der Waals surface area contributed by atoms with Crippen molar-refractivity contribution in [2.45, 2.75) is 57.7 Å². The number of carbonyl (C=O) groups excluding carboxylic acids is 1. The lowest BCUT2D eigenvalue weighted by atomic mass is 10.1. The number of aryl methyl sites for hydroxylation is 3. The SMILES string of the molecule is Cc1cc(C)c2c(c1)cc(C)c1nnc(SCC(=O)NC3CCCC3)n12. The molecule has 0 bridgehead atoms. The van der Waals surface area contributed by atoms with Gasteiger partial charge in [-0.2, -0.15) is 0 Å². The molecule has 1 amide bonds. The predicted octanol–water partition coefficient (Wildman–Crippen LogP) is 3.96. The number of aromatic nitrogens is 3. The summed E-state index contributed by atoms with van der Waals surface area (Å²) in [4.78, 5) is 12.3. The Labute approximate surface area is 157 Å². The normalized spacial score (nSPS) is 15.2. The van der Waals surface area contributed by atoms with Gasteiger partial charge in [-0.3, -0.25) is 9.20 Å². The lowest BCUT2D eigenvalue weighted by molar-refractivity contribution is -0.119. The zero-order chi connectivity index (χ0) is 18.3. The van der Waals surface area contributed by atoms with E-state index in [4.69, 9.17) is 0 Å². The molecule has 2 aromatic heterocycles. The van der Waals surface area contributed by atoms with Gasteiger partial charge in [-0.05, 0) is 62.3 Å². The third-order valence-electron chi connectivity index (χ3n) is 5.11. The molecule has 0 radical (unpaired) electrons. The standard InChI is InChI=1S/C20H24N4OS/c1-12-8-13(2)18-15(9-12)10-14(3)19-22-23-20(24(18)19)26-11-17(25)21-16-6-4-5-7-16/h8-10,16H,4-7,11H2,1-3H3,(H,21,25). The van der Waals surface area contributed by atoms with Crippen LogP contribution in [0.15, 0.2) is 23.4 Å². The highest BCUT2D eigenvalue weighted by molar-refractivity contribution is 7.99. The number of pyridine rings is 1. The van der Waals surface area contributed by atoms with E-state index in [1.54, 1.807) is 0 Å². The van der Waals surface area contributed by atoms with Crippen molar-refractivity contribution >= 4 is 34.2 Å². The fraction of sp³-hybridized carbons (Fsp3) is 0.450. The van der Waals surface area contributed by atoms with Crippen molar-refractivity contribution in [3.05, 3.63) is 34.9 Å². The topological polar surface area (TPSA) is 59.3 Å². The molecule has 1 aliphatic carbocycles. The molecule has 1 fully saturated rings. The van der Waals surface area contributed by atoms with Crippen LogP contribution in [0.4, 0.5) is 0 Å². The number of nitrogens with one attached hydrogen (secondary N) is 1. The fourth-order valence-corrected chi connectivity index (χ4v) is 4.75. The maximum Gasteiger partial charge on any atom is 0.230 e. The Morgan fingerprint density at radius 2 is 1.92 bits per heavy atom. The molecule has 0 atom stereocenters. The Balaban J connectivity index is 1.66. The largest absolute Gasteiger partial charge is 0.353 e. The van der Waals surface area contributed by atoms with E-state index >= 15 is 0 Å². The molecule has 26 heavy (non-hydrogen) atoms. The molecule has 0 aliphatic heterocycles. The summed E-state index contributed by atoms with van der Waals surface area (Å²) in [5, 5.41) is 13.8. The van der Waals surface area contributed by atoms with Gasteiger partial charge in [-0.15, -0.1) is 10.2 Å². The molecule has 1 saturated carbocycles. The number of amides is 1. The molecule has 6 heteroatoms. The third-order valence-corrected chi connectivity index (χ3v) is 6.04. The summed E-state index contributed by atoms with van der Waals surface area (Å²) >= 11 is 1.46. The van der Waals surface area contributed by atoms with Gasteiger partial charge in [0, 0.05) is 6.04 Å². The molecule has 1 aromatic carbocycles. The second-order valence-corrected chi connectivity index (χ2v) is 8.27. The average Bonchev–Trinajstić information content (AvgIpc) is 3.22. The van der Waals surface area contributed by atoms with Crippen molar-refractivity contribution in [2.24, 2.45) is 0 Å². The van der Waals surface area contributed by atoms with Crippen LogP contribution in [-0.2, 0) is 4.79 Å². The van der Waals surface area contributed by atoms with Crippen molar-refractivity contribution in [3.8, 4) is 0 Å². The van der Waals surface area contributed by atoms with Crippen LogP contribution in [0.25, 0.3) is 16.6 Å². The third kappa shape index (κ3) is 3.18. The number of fused-ring (bicyclic) bond motifs is 3. The molecule has 0 saturated heterocycles. The van der Waals surface area contributed by atoms with Crippen LogP contribution in [0.3, 0.4) is 0 Å². The van der Waals surface area contributed by atoms with E-state index in [1.165, 1.54) is 41.1 Å². The molecular formula is C20H24N4OS. The van der Waals surface area contributed by atoms with Gasteiger partial charge in [0.25, 0.3) is 0 Å². The van der Waals surface area contributed by atoms with E-state index in [1.807, 2.05) is 0 Å². The molecule has 0 unspecified atom stereocenters. The monoisotopic (exact) mass is 368 g/mol. The summed E-state index contributed by atoms with van der Waals surface area (Å²) in [6.07, 6.45) is 4.65. The van der Waals surface area contributed by atoms with Gasteiger partial charge in [0.05, 0.1) is 11.3 Å². The maximum atomic E-state index is 12.3. The van der Waals surface area contributed by atoms with Crippen molar-refractivity contribution in [1.29, 1.82) is 0 Å². The van der Waals surface area contributed by atoms with Crippen molar-refractivity contribution in [1.82, 2.24) is 19.9 Å². The van der Waals surface area contributed by atoms with Crippen LogP contribution in [0, 0.1) is 20.8 Å². The molecule has 2 heterocycles. The van der Waals surface area contributed by atoms with Gasteiger partial charge in [0.2, 0.25) is 5.91 Å². The first-order valence-corrected chi connectivity index (χ1v) is 10.2. The van der Waals surface area contributed by atoms with E-state index < -0.39 is 0 Å². The summed E-state index contributed by atoms with van der Waals surface area (Å²) in [5.74, 6) is 0.459. The number of hydrogen-bond acceptors (Lipinski definition) is 4. The summed E-state index contributed by atoms with van der Waals surface area (Å²) in [6.45, 7) is 6.29. The molecule has 136 valence electrons. The van der Waals surface area contributed by atoms with Crippen LogP contribution >= 0.6 is 11.8 Å². The lowest BCUT2D eigenvalue weighted by Gasteiger charge is -2.12. The first-order valence-electron chi connectivity index (χ1n) is 9.21. The van der Waals surface area contributed by atoms with E-state index in [2.05, 4.69) is 58.9 Å². The van der Waals surface area contributed by atoms with Crippen LogP contribution in [0.2, 0.25) is 0 Å².